The van der Waals surface area contributed by atoms with Crippen molar-refractivity contribution in [2.24, 2.45) is 7.05 Å². The van der Waals surface area contributed by atoms with Crippen LogP contribution in [0.4, 0.5) is 0 Å². The lowest BCUT2D eigenvalue weighted by atomic mass is 10.2. The molecule has 4 heteroatoms. The van der Waals surface area contributed by atoms with E-state index in [-0.39, 0.29) is 10.8 Å². The molecule has 0 radical (unpaired) electrons. The Labute approximate surface area is 127 Å². The Balaban J connectivity index is 2.01. The lowest BCUT2D eigenvalue weighted by molar-refractivity contribution is 0.841. The molecule has 0 amide bonds. The molecule has 106 valence electrons. The summed E-state index contributed by atoms with van der Waals surface area (Å²) in [5, 5.41) is 0.736. The number of hydrogen-bond acceptors (Lipinski definition) is 3. The van der Waals surface area contributed by atoms with Crippen molar-refractivity contribution >= 4 is 22.8 Å². The minimum atomic E-state index is -0.0403. The van der Waals surface area contributed by atoms with Crippen LogP contribution in [0.2, 0.25) is 0 Å². The normalized spacial score (nSPS) is 12.5. The Morgan fingerprint density at radius 3 is 2.48 bits per heavy atom. The van der Waals surface area contributed by atoms with Gasteiger partial charge in [-0.2, -0.15) is 0 Å². The van der Waals surface area contributed by atoms with Crippen molar-refractivity contribution in [1.82, 2.24) is 9.55 Å². The van der Waals surface area contributed by atoms with Crippen LogP contribution < -0.4 is 5.56 Å². The minimum Gasteiger partial charge on any atom is -0.308 e. The summed E-state index contributed by atoms with van der Waals surface area (Å²) in [5.41, 5.74) is 2.86. The van der Waals surface area contributed by atoms with E-state index in [4.69, 9.17) is 0 Å². The van der Waals surface area contributed by atoms with Gasteiger partial charge in [0.2, 0.25) is 0 Å². The maximum atomic E-state index is 12.4. The monoisotopic (exact) mass is 296 g/mol. The van der Waals surface area contributed by atoms with Gasteiger partial charge in [-0.1, -0.05) is 54.2 Å². The highest BCUT2D eigenvalue weighted by Crippen LogP contribution is 2.32. The second kappa shape index (κ2) is 5.74. The van der Waals surface area contributed by atoms with Gasteiger partial charge in [-0.15, -0.1) is 0 Å². The molecule has 3 nitrogen and oxygen atoms in total. The van der Waals surface area contributed by atoms with E-state index in [1.807, 2.05) is 42.5 Å². The first kappa shape index (κ1) is 13.9. The fraction of sp³-hybridized carbons (Fsp3) is 0.176. The van der Waals surface area contributed by atoms with Crippen LogP contribution >= 0.6 is 11.8 Å². The van der Waals surface area contributed by atoms with E-state index in [2.05, 4.69) is 24.0 Å². The molecule has 2 aromatic carbocycles. The second-order valence-corrected chi connectivity index (χ2v) is 6.27. The average molecular weight is 296 g/mol. The molecule has 1 aromatic heterocycles. The van der Waals surface area contributed by atoms with Gasteiger partial charge in [-0.05, 0) is 24.6 Å². The topological polar surface area (TPSA) is 34.9 Å². The number of para-hydroxylation sites is 2. The molecular weight excluding hydrogens is 280 g/mol. The molecule has 0 aliphatic rings. The van der Waals surface area contributed by atoms with Crippen molar-refractivity contribution in [3.05, 3.63) is 70.5 Å². The predicted molar refractivity (Wildman–Crippen MR) is 87.7 cm³/mol. The molecule has 1 unspecified atom stereocenters. The van der Waals surface area contributed by atoms with E-state index >= 15 is 0 Å². The molecular formula is C17H16N2OS. The van der Waals surface area contributed by atoms with Crippen molar-refractivity contribution in [2.45, 2.75) is 17.2 Å². The molecule has 0 aliphatic carbocycles. The summed E-state index contributed by atoms with van der Waals surface area (Å²) in [7, 11) is 1.80. The highest BCUT2D eigenvalue weighted by atomic mass is 32.2. The van der Waals surface area contributed by atoms with Crippen molar-refractivity contribution < 1.29 is 0 Å². The molecule has 0 aliphatic heterocycles. The SMILES string of the molecule is CC(Sc1nc2ccccc2n(C)c1=O)c1ccccc1. The molecule has 1 atom stereocenters. The zero-order chi connectivity index (χ0) is 14.8. The third-order valence-electron chi connectivity index (χ3n) is 3.51. The summed E-state index contributed by atoms with van der Waals surface area (Å²) in [5.74, 6) is 0. The first-order valence-corrected chi connectivity index (χ1v) is 7.72. The van der Waals surface area contributed by atoms with Crippen LogP contribution in [-0.2, 0) is 7.05 Å². The Morgan fingerprint density at radius 1 is 1.05 bits per heavy atom. The molecule has 21 heavy (non-hydrogen) atoms. The highest BCUT2D eigenvalue weighted by molar-refractivity contribution is 7.99. The van der Waals surface area contributed by atoms with Crippen molar-refractivity contribution in [1.29, 1.82) is 0 Å². The summed E-state index contributed by atoms with van der Waals surface area (Å²) in [4.78, 5) is 17.0. The number of aryl methyl sites for hydroxylation is 1. The standard InChI is InChI=1S/C17H16N2OS/c1-12(13-8-4-3-5-9-13)21-16-17(20)19(2)15-11-7-6-10-14(15)18-16/h3-12H,1-2H3. The van der Waals surface area contributed by atoms with E-state index in [1.165, 1.54) is 17.3 Å². The number of thioether (sulfide) groups is 1. The van der Waals surface area contributed by atoms with E-state index in [0.29, 0.717) is 5.03 Å². The van der Waals surface area contributed by atoms with Crippen LogP contribution in [0, 0.1) is 0 Å². The smallest absolute Gasteiger partial charge is 0.283 e. The van der Waals surface area contributed by atoms with E-state index in [9.17, 15) is 4.79 Å². The number of nitrogens with zero attached hydrogens (tertiary/aromatic N) is 2. The first-order chi connectivity index (χ1) is 10.2. The Hall–Kier alpha value is -2.07. The summed E-state index contributed by atoms with van der Waals surface area (Å²) < 4.78 is 1.67. The number of fused-ring (bicyclic) bond motifs is 1. The van der Waals surface area contributed by atoms with E-state index < -0.39 is 0 Å². The summed E-state index contributed by atoms with van der Waals surface area (Å²) >= 11 is 1.51. The van der Waals surface area contributed by atoms with Crippen molar-refractivity contribution in [3.8, 4) is 0 Å². The maximum absolute atomic E-state index is 12.4. The van der Waals surface area contributed by atoms with Crippen LogP contribution in [0.5, 0.6) is 0 Å². The van der Waals surface area contributed by atoms with Gasteiger partial charge in [0, 0.05) is 12.3 Å². The molecule has 0 bridgehead atoms. The largest absolute Gasteiger partial charge is 0.308 e. The van der Waals surface area contributed by atoms with Gasteiger partial charge in [-0.3, -0.25) is 4.79 Å². The van der Waals surface area contributed by atoms with Crippen LogP contribution in [0.15, 0.2) is 64.4 Å². The zero-order valence-corrected chi connectivity index (χ0v) is 12.8. The van der Waals surface area contributed by atoms with Gasteiger partial charge in [0.15, 0.2) is 5.03 Å². The summed E-state index contributed by atoms with van der Waals surface area (Å²) in [6.07, 6.45) is 0. The first-order valence-electron chi connectivity index (χ1n) is 6.84. The van der Waals surface area contributed by atoms with Crippen LogP contribution in [-0.4, -0.2) is 9.55 Å². The van der Waals surface area contributed by atoms with Gasteiger partial charge in [0.25, 0.3) is 5.56 Å². The zero-order valence-electron chi connectivity index (χ0n) is 12.0. The van der Waals surface area contributed by atoms with Gasteiger partial charge in [0.05, 0.1) is 11.0 Å². The maximum Gasteiger partial charge on any atom is 0.283 e. The fourth-order valence-electron chi connectivity index (χ4n) is 2.29. The number of benzene rings is 2. The molecule has 0 N–H and O–H groups in total. The van der Waals surface area contributed by atoms with E-state index in [1.54, 1.807) is 11.6 Å². The predicted octanol–water partition coefficient (Wildman–Crippen LogP) is 3.79. The lowest BCUT2D eigenvalue weighted by Gasteiger charge is -2.12. The van der Waals surface area contributed by atoms with Crippen molar-refractivity contribution in [3.63, 3.8) is 0 Å². The highest BCUT2D eigenvalue weighted by Gasteiger charge is 2.13. The molecule has 0 fully saturated rings. The molecule has 0 saturated carbocycles. The van der Waals surface area contributed by atoms with Crippen molar-refractivity contribution in [2.75, 3.05) is 0 Å². The molecule has 0 saturated heterocycles. The quantitative estimate of drug-likeness (QED) is 0.690. The number of aromatic nitrogens is 2. The molecule has 3 rings (SSSR count). The number of rotatable bonds is 3. The van der Waals surface area contributed by atoms with Gasteiger partial charge in [0.1, 0.15) is 0 Å². The van der Waals surface area contributed by atoms with Crippen LogP contribution in [0.3, 0.4) is 0 Å². The van der Waals surface area contributed by atoms with Crippen LogP contribution in [0.25, 0.3) is 11.0 Å². The number of hydrogen-bond donors (Lipinski definition) is 0. The van der Waals surface area contributed by atoms with E-state index in [0.717, 1.165) is 11.0 Å². The van der Waals surface area contributed by atoms with Gasteiger partial charge < -0.3 is 4.57 Å². The van der Waals surface area contributed by atoms with Crippen LogP contribution in [0.1, 0.15) is 17.7 Å². The van der Waals surface area contributed by atoms with Gasteiger partial charge >= 0.3 is 0 Å². The Kier molecular flexibility index (Phi) is 3.80. The fourth-order valence-corrected chi connectivity index (χ4v) is 3.31. The summed E-state index contributed by atoms with van der Waals surface area (Å²) in [6.45, 7) is 2.09. The molecule has 0 spiro atoms. The minimum absolute atomic E-state index is 0.0403. The Bertz CT molecular complexity index is 827. The summed E-state index contributed by atoms with van der Waals surface area (Å²) in [6, 6.07) is 17.9. The Morgan fingerprint density at radius 2 is 1.71 bits per heavy atom. The third kappa shape index (κ3) is 2.72. The van der Waals surface area contributed by atoms with Gasteiger partial charge in [-0.25, -0.2) is 4.98 Å². The second-order valence-electron chi connectivity index (χ2n) is 4.94. The lowest BCUT2D eigenvalue weighted by Crippen LogP contribution is -2.20. The average Bonchev–Trinajstić information content (AvgIpc) is 2.53. The third-order valence-corrected chi connectivity index (χ3v) is 4.62. The molecule has 1 heterocycles. The molecule has 3 aromatic rings.